The highest BCUT2D eigenvalue weighted by atomic mass is 35.5. The van der Waals surface area contributed by atoms with E-state index in [9.17, 15) is 4.79 Å². The van der Waals surface area contributed by atoms with Crippen LogP contribution in [0.5, 0.6) is 0 Å². The largest absolute Gasteiger partial charge is 0.481 e. The molecule has 0 aliphatic heterocycles. The number of aliphatic carboxylic acids is 1. The van der Waals surface area contributed by atoms with E-state index in [2.05, 4.69) is 0 Å². The first kappa shape index (κ1) is 11.7. The van der Waals surface area contributed by atoms with Crippen LogP contribution in [0.3, 0.4) is 0 Å². The molecule has 0 aromatic carbocycles. The number of nitrogens with two attached hydrogens (primary N) is 1. The smallest absolute Gasteiger partial charge is 0.308 e. The molecule has 0 aromatic rings. The summed E-state index contributed by atoms with van der Waals surface area (Å²) in [6, 6.07) is 0. The molecule has 3 nitrogen and oxygen atoms in total. The van der Waals surface area contributed by atoms with Gasteiger partial charge in [-0.2, -0.15) is 0 Å². The van der Waals surface area contributed by atoms with E-state index in [1.807, 2.05) is 6.92 Å². The first-order chi connectivity index (χ1) is 5.04. The van der Waals surface area contributed by atoms with Gasteiger partial charge in [0.2, 0.25) is 0 Å². The van der Waals surface area contributed by atoms with E-state index in [4.69, 9.17) is 10.8 Å². The molecule has 72 valence electrons. The Labute approximate surface area is 78.7 Å². The Balaban J connectivity index is 0.00000121. The van der Waals surface area contributed by atoms with Crippen molar-refractivity contribution in [3.8, 4) is 0 Å². The molecule has 2 unspecified atom stereocenters. The Morgan fingerprint density at radius 1 is 1.58 bits per heavy atom. The third-order valence-corrected chi connectivity index (χ3v) is 2.55. The average Bonchev–Trinajstić information content (AvgIpc) is 1.85. The van der Waals surface area contributed by atoms with Crippen LogP contribution in [0.1, 0.15) is 32.6 Å². The second-order valence-electron chi connectivity index (χ2n) is 3.64. The van der Waals surface area contributed by atoms with Crippen LogP contribution in [-0.2, 0) is 4.79 Å². The molecule has 4 heteroatoms. The zero-order valence-electron chi connectivity index (χ0n) is 7.25. The van der Waals surface area contributed by atoms with Crippen LogP contribution in [0.15, 0.2) is 0 Å². The number of halogens is 1. The second-order valence-corrected chi connectivity index (χ2v) is 3.64. The first-order valence-corrected chi connectivity index (χ1v) is 4.06. The second kappa shape index (κ2) is 4.10. The van der Waals surface area contributed by atoms with E-state index in [-0.39, 0.29) is 18.3 Å². The molecular weight excluding hydrogens is 178 g/mol. The molecule has 12 heavy (non-hydrogen) atoms. The molecule has 0 radical (unpaired) electrons. The minimum Gasteiger partial charge on any atom is -0.481 e. The molecule has 0 bridgehead atoms. The lowest BCUT2D eigenvalue weighted by Crippen LogP contribution is -2.49. The lowest BCUT2D eigenvalue weighted by molar-refractivity contribution is -0.145. The molecule has 1 fully saturated rings. The van der Waals surface area contributed by atoms with E-state index < -0.39 is 11.5 Å². The predicted molar refractivity (Wildman–Crippen MR) is 49.4 cm³/mol. The van der Waals surface area contributed by atoms with Crippen molar-refractivity contribution in [1.29, 1.82) is 0 Å². The molecule has 2 atom stereocenters. The molecule has 1 rings (SSSR count). The zero-order chi connectivity index (χ0) is 8.48. The standard InChI is InChI=1S/C8H15NO2.ClH/c1-8(9)5-3-2-4-6(8)7(10)11;/h6H,2-5,9H2,1H3,(H,10,11);1H. The van der Waals surface area contributed by atoms with Gasteiger partial charge in [-0.3, -0.25) is 4.79 Å². The van der Waals surface area contributed by atoms with Crippen LogP contribution >= 0.6 is 12.4 Å². The van der Waals surface area contributed by atoms with Crippen LogP contribution in [0, 0.1) is 5.92 Å². The van der Waals surface area contributed by atoms with Gasteiger partial charge in [-0.15, -0.1) is 12.4 Å². The molecule has 1 saturated carbocycles. The van der Waals surface area contributed by atoms with Crippen LogP contribution in [0.4, 0.5) is 0 Å². The SMILES string of the molecule is CC1(N)CCCCC1C(=O)O.Cl. The van der Waals surface area contributed by atoms with Crippen LogP contribution < -0.4 is 5.73 Å². The van der Waals surface area contributed by atoms with E-state index in [0.29, 0.717) is 0 Å². The van der Waals surface area contributed by atoms with Crippen molar-refractivity contribution in [3.63, 3.8) is 0 Å². The minimum absolute atomic E-state index is 0. The molecule has 1 aliphatic rings. The maximum absolute atomic E-state index is 10.7. The number of hydrogen-bond donors (Lipinski definition) is 2. The number of carbonyl (C=O) groups is 1. The maximum atomic E-state index is 10.7. The fraction of sp³-hybridized carbons (Fsp3) is 0.875. The van der Waals surface area contributed by atoms with Gasteiger partial charge in [0.1, 0.15) is 0 Å². The summed E-state index contributed by atoms with van der Waals surface area (Å²) >= 11 is 0. The van der Waals surface area contributed by atoms with E-state index in [1.54, 1.807) is 0 Å². The van der Waals surface area contributed by atoms with Gasteiger partial charge >= 0.3 is 5.97 Å². The number of rotatable bonds is 1. The molecule has 0 amide bonds. The summed E-state index contributed by atoms with van der Waals surface area (Å²) in [7, 11) is 0. The highest BCUT2D eigenvalue weighted by Gasteiger charge is 2.37. The maximum Gasteiger partial charge on any atom is 0.308 e. The summed E-state index contributed by atoms with van der Waals surface area (Å²) in [6.45, 7) is 1.84. The van der Waals surface area contributed by atoms with Crippen molar-refractivity contribution >= 4 is 18.4 Å². The summed E-state index contributed by atoms with van der Waals surface area (Å²) in [5.74, 6) is -1.08. The van der Waals surface area contributed by atoms with Crippen molar-refractivity contribution in [3.05, 3.63) is 0 Å². The van der Waals surface area contributed by atoms with Crippen molar-refractivity contribution in [2.24, 2.45) is 11.7 Å². The van der Waals surface area contributed by atoms with Gasteiger partial charge in [0.05, 0.1) is 5.92 Å². The molecule has 0 saturated heterocycles. The third kappa shape index (κ3) is 2.35. The summed E-state index contributed by atoms with van der Waals surface area (Å²) in [4.78, 5) is 10.7. The quantitative estimate of drug-likeness (QED) is 0.662. The van der Waals surface area contributed by atoms with Crippen LogP contribution in [0.25, 0.3) is 0 Å². The van der Waals surface area contributed by atoms with Gasteiger partial charge in [0.15, 0.2) is 0 Å². The third-order valence-electron chi connectivity index (χ3n) is 2.55. The topological polar surface area (TPSA) is 63.3 Å². The Bertz CT molecular complexity index is 170. The van der Waals surface area contributed by atoms with E-state index >= 15 is 0 Å². The first-order valence-electron chi connectivity index (χ1n) is 4.06. The van der Waals surface area contributed by atoms with Crippen LogP contribution in [-0.4, -0.2) is 16.6 Å². The fourth-order valence-corrected chi connectivity index (χ4v) is 1.76. The fourth-order valence-electron chi connectivity index (χ4n) is 1.76. The summed E-state index contributed by atoms with van der Waals surface area (Å²) < 4.78 is 0. The van der Waals surface area contributed by atoms with E-state index in [1.165, 1.54) is 0 Å². The van der Waals surface area contributed by atoms with Crippen molar-refractivity contribution in [2.45, 2.75) is 38.1 Å². The van der Waals surface area contributed by atoms with Crippen molar-refractivity contribution in [1.82, 2.24) is 0 Å². The summed E-state index contributed by atoms with van der Waals surface area (Å²) in [6.07, 6.45) is 3.65. The van der Waals surface area contributed by atoms with Crippen LogP contribution in [0.2, 0.25) is 0 Å². The molecule has 1 aliphatic carbocycles. The summed E-state index contributed by atoms with van der Waals surface area (Å²) in [5, 5.41) is 8.79. The Kier molecular flexibility index (Phi) is 4.00. The molecule has 0 aromatic heterocycles. The Hall–Kier alpha value is -0.280. The van der Waals surface area contributed by atoms with Gasteiger partial charge in [0, 0.05) is 5.54 Å². The Morgan fingerprint density at radius 2 is 2.17 bits per heavy atom. The van der Waals surface area contributed by atoms with Gasteiger partial charge in [-0.1, -0.05) is 12.8 Å². The number of carboxylic acids is 1. The van der Waals surface area contributed by atoms with Gasteiger partial charge in [-0.25, -0.2) is 0 Å². The van der Waals surface area contributed by atoms with E-state index in [0.717, 1.165) is 25.7 Å². The lowest BCUT2D eigenvalue weighted by atomic mass is 9.75. The highest BCUT2D eigenvalue weighted by Crippen LogP contribution is 2.31. The average molecular weight is 194 g/mol. The number of hydrogen-bond acceptors (Lipinski definition) is 2. The zero-order valence-corrected chi connectivity index (χ0v) is 8.06. The number of carboxylic acid groups (broad SMARTS) is 1. The van der Waals surface area contributed by atoms with Crippen molar-refractivity contribution < 1.29 is 9.90 Å². The van der Waals surface area contributed by atoms with Gasteiger partial charge < -0.3 is 10.8 Å². The normalized spacial score (nSPS) is 35.3. The molecule has 0 heterocycles. The van der Waals surface area contributed by atoms with Gasteiger partial charge in [-0.05, 0) is 19.8 Å². The monoisotopic (exact) mass is 193 g/mol. The van der Waals surface area contributed by atoms with Gasteiger partial charge in [0.25, 0.3) is 0 Å². The minimum atomic E-state index is -0.741. The lowest BCUT2D eigenvalue weighted by Gasteiger charge is -2.35. The molecule has 0 spiro atoms. The molecule has 3 N–H and O–H groups in total. The summed E-state index contributed by atoms with van der Waals surface area (Å²) in [5.41, 5.74) is 5.36. The highest BCUT2D eigenvalue weighted by molar-refractivity contribution is 5.85. The predicted octanol–water partition coefficient (Wildman–Crippen LogP) is 1.40. The molecular formula is C8H16ClNO2. The Morgan fingerprint density at radius 3 is 2.50 bits per heavy atom. The van der Waals surface area contributed by atoms with Crippen molar-refractivity contribution in [2.75, 3.05) is 0 Å².